The van der Waals surface area contributed by atoms with Gasteiger partial charge in [0.25, 0.3) is 5.91 Å². The van der Waals surface area contributed by atoms with E-state index in [2.05, 4.69) is 43.4 Å². The third-order valence-electron chi connectivity index (χ3n) is 5.08. The number of carbonyl (C=O) groups excluding carboxylic acids is 2. The Balaban J connectivity index is 1.68. The molecule has 1 atom stereocenters. The van der Waals surface area contributed by atoms with E-state index in [-0.39, 0.29) is 23.5 Å². The molecule has 0 saturated carbocycles. The van der Waals surface area contributed by atoms with Gasteiger partial charge >= 0.3 is 0 Å². The van der Waals surface area contributed by atoms with Crippen molar-refractivity contribution >= 4 is 75.1 Å². The number of nitrogens with one attached hydrogen (secondary N) is 2. The number of thioether (sulfide) groups is 1. The summed E-state index contributed by atoms with van der Waals surface area (Å²) in [6.07, 6.45) is 0. The summed E-state index contributed by atoms with van der Waals surface area (Å²) >= 11 is 15.5. The highest BCUT2D eigenvalue weighted by Gasteiger charge is 2.25. The van der Waals surface area contributed by atoms with E-state index in [0.29, 0.717) is 26.6 Å². The van der Waals surface area contributed by atoms with E-state index in [9.17, 15) is 9.59 Å². The van der Waals surface area contributed by atoms with Crippen LogP contribution in [0.25, 0.3) is 0 Å². The smallest absolute Gasteiger partial charge is 0.251 e. The lowest BCUT2D eigenvalue weighted by Gasteiger charge is -2.22. The largest absolute Gasteiger partial charge is 0.342 e. The first-order valence-corrected chi connectivity index (χ1v) is 13.2. The summed E-state index contributed by atoms with van der Waals surface area (Å²) in [4.78, 5) is 25.3. The normalized spacial score (nSPS) is 12.0. The minimum atomic E-state index is -0.392. The molecule has 11 heteroatoms. The molecule has 2 aromatic carbocycles. The SMILES string of the molecule is Cc1cc(I)ccc1NC(=O)CSc1nnc([C@H](NC(=O)c2ccc(Cl)c(Cl)c2)C(C)C)n1C. The number of aryl methyl sites for hydroxylation is 1. The fourth-order valence-electron chi connectivity index (χ4n) is 3.20. The van der Waals surface area contributed by atoms with E-state index in [1.54, 1.807) is 16.7 Å². The van der Waals surface area contributed by atoms with Gasteiger partial charge in [-0.1, -0.05) is 48.8 Å². The summed E-state index contributed by atoms with van der Waals surface area (Å²) < 4.78 is 2.91. The summed E-state index contributed by atoms with van der Waals surface area (Å²) in [5.74, 6) is 0.396. The second-order valence-corrected chi connectivity index (χ2v) is 11.0. The Labute approximate surface area is 226 Å². The van der Waals surface area contributed by atoms with Gasteiger partial charge in [0.05, 0.1) is 21.8 Å². The molecule has 0 aliphatic rings. The lowest BCUT2D eigenvalue weighted by Crippen LogP contribution is -2.33. The number of amides is 2. The Morgan fingerprint density at radius 2 is 1.85 bits per heavy atom. The third kappa shape index (κ3) is 6.65. The number of rotatable bonds is 8. The van der Waals surface area contributed by atoms with E-state index in [4.69, 9.17) is 23.2 Å². The number of aromatic nitrogens is 3. The Kier molecular flexibility index (Phi) is 9.25. The van der Waals surface area contributed by atoms with Crippen molar-refractivity contribution in [3.8, 4) is 0 Å². The lowest BCUT2D eigenvalue weighted by atomic mass is 10.0. The molecule has 2 N–H and O–H groups in total. The molecule has 0 saturated heterocycles. The average molecular weight is 632 g/mol. The molecule has 0 unspecified atom stereocenters. The minimum absolute atomic E-state index is 0.0413. The Morgan fingerprint density at radius 3 is 2.50 bits per heavy atom. The fourth-order valence-corrected chi connectivity index (χ4v) is 4.86. The maximum absolute atomic E-state index is 12.8. The molecule has 3 aromatic rings. The van der Waals surface area contributed by atoms with Crippen LogP contribution in [0.2, 0.25) is 10.0 Å². The van der Waals surface area contributed by atoms with Crippen LogP contribution in [0.3, 0.4) is 0 Å². The predicted molar refractivity (Wildman–Crippen MR) is 146 cm³/mol. The van der Waals surface area contributed by atoms with Crippen LogP contribution >= 0.6 is 57.6 Å². The van der Waals surface area contributed by atoms with E-state index in [0.717, 1.165) is 14.8 Å². The number of halogens is 3. The Hall–Kier alpha value is -1.82. The first kappa shape index (κ1) is 26.8. The van der Waals surface area contributed by atoms with Gasteiger partial charge in [0.1, 0.15) is 0 Å². The zero-order valence-electron chi connectivity index (χ0n) is 19.0. The van der Waals surface area contributed by atoms with Crippen molar-refractivity contribution < 1.29 is 9.59 Å². The molecular formula is C23H24Cl2IN5O2S. The molecule has 0 bridgehead atoms. The molecule has 0 aliphatic carbocycles. The lowest BCUT2D eigenvalue weighted by molar-refractivity contribution is -0.113. The highest BCUT2D eigenvalue weighted by atomic mass is 127. The van der Waals surface area contributed by atoms with Crippen LogP contribution in [0.15, 0.2) is 41.6 Å². The monoisotopic (exact) mass is 631 g/mol. The van der Waals surface area contributed by atoms with Gasteiger partial charge in [-0.25, -0.2) is 0 Å². The van der Waals surface area contributed by atoms with Gasteiger partial charge in [-0.05, 0) is 77.4 Å². The molecule has 0 aliphatic heterocycles. The molecule has 1 heterocycles. The summed E-state index contributed by atoms with van der Waals surface area (Å²) in [7, 11) is 1.82. The maximum Gasteiger partial charge on any atom is 0.251 e. The van der Waals surface area contributed by atoms with Crippen molar-refractivity contribution in [2.75, 3.05) is 11.1 Å². The number of benzene rings is 2. The molecule has 0 radical (unpaired) electrons. The molecule has 0 spiro atoms. The highest BCUT2D eigenvalue weighted by Crippen LogP contribution is 2.26. The van der Waals surface area contributed by atoms with Crippen LogP contribution in [0.4, 0.5) is 5.69 Å². The number of nitrogens with zero attached hydrogens (tertiary/aromatic N) is 3. The topological polar surface area (TPSA) is 88.9 Å². The van der Waals surface area contributed by atoms with Crippen LogP contribution in [-0.4, -0.2) is 32.3 Å². The van der Waals surface area contributed by atoms with E-state index in [1.165, 1.54) is 17.8 Å². The van der Waals surface area contributed by atoms with Gasteiger partial charge < -0.3 is 15.2 Å². The predicted octanol–water partition coefficient (Wildman–Crippen LogP) is 5.89. The molecule has 180 valence electrons. The molecule has 0 fully saturated rings. The van der Waals surface area contributed by atoms with E-state index in [1.807, 2.05) is 46.0 Å². The first-order chi connectivity index (χ1) is 16.1. The van der Waals surface area contributed by atoms with Crippen molar-refractivity contribution in [1.29, 1.82) is 0 Å². The maximum atomic E-state index is 12.8. The van der Waals surface area contributed by atoms with Crippen LogP contribution in [-0.2, 0) is 11.8 Å². The van der Waals surface area contributed by atoms with Crippen molar-refractivity contribution in [1.82, 2.24) is 20.1 Å². The Bertz CT molecular complexity index is 1220. The second-order valence-electron chi connectivity index (χ2n) is 8.02. The van der Waals surface area contributed by atoms with Crippen molar-refractivity contribution in [3.63, 3.8) is 0 Å². The number of hydrogen-bond acceptors (Lipinski definition) is 5. The van der Waals surface area contributed by atoms with Gasteiger partial charge in [-0.2, -0.15) is 0 Å². The number of carbonyl (C=O) groups is 2. The zero-order valence-corrected chi connectivity index (χ0v) is 23.5. The number of anilines is 1. The van der Waals surface area contributed by atoms with Crippen molar-refractivity contribution in [2.45, 2.75) is 32.0 Å². The van der Waals surface area contributed by atoms with E-state index >= 15 is 0 Å². The summed E-state index contributed by atoms with van der Waals surface area (Å²) in [5.41, 5.74) is 2.19. The van der Waals surface area contributed by atoms with Gasteiger partial charge in [0.15, 0.2) is 11.0 Å². The second kappa shape index (κ2) is 11.7. The third-order valence-corrected chi connectivity index (χ3v) is 7.51. The summed E-state index contributed by atoms with van der Waals surface area (Å²) in [6.45, 7) is 5.92. The first-order valence-electron chi connectivity index (χ1n) is 10.4. The highest BCUT2D eigenvalue weighted by molar-refractivity contribution is 14.1. The van der Waals surface area contributed by atoms with Gasteiger partial charge in [0, 0.05) is 21.9 Å². The van der Waals surface area contributed by atoms with Gasteiger partial charge in [-0.3, -0.25) is 9.59 Å². The van der Waals surface area contributed by atoms with Gasteiger partial charge in [-0.15, -0.1) is 10.2 Å². The van der Waals surface area contributed by atoms with Crippen LogP contribution in [0, 0.1) is 16.4 Å². The van der Waals surface area contributed by atoms with Crippen molar-refractivity contribution in [3.05, 3.63) is 67.0 Å². The quantitative estimate of drug-likeness (QED) is 0.239. The zero-order chi connectivity index (χ0) is 25.0. The van der Waals surface area contributed by atoms with Crippen LogP contribution < -0.4 is 10.6 Å². The average Bonchev–Trinajstić information content (AvgIpc) is 3.14. The molecule has 1 aromatic heterocycles. The van der Waals surface area contributed by atoms with Gasteiger partial charge in [0.2, 0.25) is 5.91 Å². The molecular weight excluding hydrogens is 608 g/mol. The summed E-state index contributed by atoms with van der Waals surface area (Å²) in [5, 5.41) is 15.8. The standard InChI is InChI=1S/C23H24Cl2IN5O2S/c1-12(2)20(28-22(33)14-5-7-16(24)17(25)10-14)21-29-30-23(31(21)4)34-11-19(32)27-18-8-6-15(26)9-13(18)3/h5-10,12,20H,11H2,1-4H3,(H,27,32)(H,28,33)/t20-/m1/s1. The Morgan fingerprint density at radius 1 is 1.12 bits per heavy atom. The van der Waals surface area contributed by atoms with Crippen LogP contribution in [0.5, 0.6) is 0 Å². The van der Waals surface area contributed by atoms with Crippen LogP contribution in [0.1, 0.15) is 41.6 Å². The minimum Gasteiger partial charge on any atom is -0.342 e. The molecule has 34 heavy (non-hydrogen) atoms. The summed E-state index contributed by atoms with van der Waals surface area (Å²) in [6, 6.07) is 10.2. The van der Waals surface area contributed by atoms with E-state index < -0.39 is 6.04 Å². The van der Waals surface area contributed by atoms with Crippen molar-refractivity contribution in [2.24, 2.45) is 13.0 Å². The molecule has 2 amide bonds. The molecule has 3 rings (SSSR count). The molecule has 7 nitrogen and oxygen atoms in total. The number of hydrogen-bond donors (Lipinski definition) is 2. The fraction of sp³-hybridized carbons (Fsp3) is 0.304.